The van der Waals surface area contributed by atoms with Gasteiger partial charge in [-0.05, 0) is 18.6 Å². The van der Waals surface area contributed by atoms with E-state index in [4.69, 9.17) is 11.6 Å². The fourth-order valence-electron chi connectivity index (χ4n) is 1.28. The molecule has 0 saturated carbocycles. The summed E-state index contributed by atoms with van der Waals surface area (Å²) >= 11 is 5.77. The van der Waals surface area contributed by atoms with E-state index in [1.54, 1.807) is 6.20 Å². The number of hydrogen-bond acceptors (Lipinski definition) is 2. The zero-order valence-corrected chi connectivity index (χ0v) is 9.17. The summed E-state index contributed by atoms with van der Waals surface area (Å²) in [6.45, 7) is 7.68. The van der Waals surface area contributed by atoms with Gasteiger partial charge in [0, 0.05) is 19.3 Å². The van der Waals surface area contributed by atoms with Crippen molar-refractivity contribution in [1.82, 2.24) is 4.98 Å². The first-order chi connectivity index (χ1) is 6.77. The highest BCUT2D eigenvalue weighted by Crippen LogP contribution is 2.14. The quantitative estimate of drug-likeness (QED) is 0.695. The second-order valence-corrected chi connectivity index (χ2v) is 3.51. The molecule has 0 amide bonds. The Bertz CT molecular complexity index is 282. The molecule has 0 fully saturated rings. The van der Waals surface area contributed by atoms with Gasteiger partial charge in [0.15, 0.2) is 0 Å². The van der Waals surface area contributed by atoms with E-state index in [0.29, 0.717) is 5.02 Å². The molecular weight excluding hydrogens is 196 g/mol. The van der Waals surface area contributed by atoms with Gasteiger partial charge in [0.25, 0.3) is 0 Å². The Kier molecular flexibility index (Phi) is 4.47. The summed E-state index contributed by atoms with van der Waals surface area (Å²) in [6, 6.07) is 3.79. The normalized spacial score (nSPS) is 9.86. The molecule has 0 aliphatic rings. The second kappa shape index (κ2) is 5.66. The van der Waals surface area contributed by atoms with E-state index >= 15 is 0 Å². The molecule has 76 valence electrons. The lowest BCUT2D eigenvalue weighted by atomic mass is 10.3. The van der Waals surface area contributed by atoms with E-state index in [0.717, 1.165) is 25.3 Å². The van der Waals surface area contributed by atoms with Gasteiger partial charge in [-0.15, -0.1) is 6.58 Å². The third-order valence-electron chi connectivity index (χ3n) is 1.88. The lowest BCUT2D eigenvalue weighted by molar-refractivity contribution is 0.802. The molecule has 0 atom stereocenters. The summed E-state index contributed by atoms with van der Waals surface area (Å²) in [5.41, 5.74) is 0. The fourth-order valence-corrected chi connectivity index (χ4v) is 1.39. The SMILES string of the molecule is C=CCN(CCC)c1ccc(Cl)cn1. The molecule has 0 bridgehead atoms. The lowest BCUT2D eigenvalue weighted by Gasteiger charge is -2.21. The van der Waals surface area contributed by atoms with Crippen LogP contribution in [0.25, 0.3) is 0 Å². The molecule has 0 N–H and O–H groups in total. The molecule has 0 radical (unpaired) electrons. The predicted molar refractivity (Wildman–Crippen MR) is 61.9 cm³/mol. The number of rotatable bonds is 5. The number of anilines is 1. The van der Waals surface area contributed by atoms with Gasteiger partial charge in [0.1, 0.15) is 5.82 Å². The first-order valence-electron chi connectivity index (χ1n) is 4.75. The van der Waals surface area contributed by atoms with Gasteiger partial charge < -0.3 is 4.90 Å². The summed E-state index contributed by atoms with van der Waals surface area (Å²) < 4.78 is 0. The fraction of sp³-hybridized carbons (Fsp3) is 0.364. The van der Waals surface area contributed by atoms with Crippen molar-refractivity contribution in [2.24, 2.45) is 0 Å². The van der Waals surface area contributed by atoms with E-state index < -0.39 is 0 Å². The van der Waals surface area contributed by atoms with Gasteiger partial charge in [-0.2, -0.15) is 0 Å². The van der Waals surface area contributed by atoms with Crippen LogP contribution in [0.1, 0.15) is 13.3 Å². The highest BCUT2D eigenvalue weighted by molar-refractivity contribution is 6.30. The van der Waals surface area contributed by atoms with E-state index in [1.807, 2.05) is 18.2 Å². The van der Waals surface area contributed by atoms with Crippen LogP contribution in [0.3, 0.4) is 0 Å². The Hall–Kier alpha value is -1.02. The molecule has 0 aliphatic heterocycles. The van der Waals surface area contributed by atoms with Crippen LogP contribution in [-0.2, 0) is 0 Å². The minimum absolute atomic E-state index is 0.670. The van der Waals surface area contributed by atoms with E-state index in [9.17, 15) is 0 Å². The van der Waals surface area contributed by atoms with Gasteiger partial charge >= 0.3 is 0 Å². The molecular formula is C11H15ClN2. The van der Waals surface area contributed by atoms with Crippen LogP contribution in [0.4, 0.5) is 5.82 Å². The Labute approximate surface area is 90.2 Å². The molecule has 1 aromatic heterocycles. The molecule has 0 aliphatic carbocycles. The van der Waals surface area contributed by atoms with Gasteiger partial charge in [-0.3, -0.25) is 0 Å². The molecule has 0 saturated heterocycles. The van der Waals surface area contributed by atoms with Crippen molar-refractivity contribution in [2.75, 3.05) is 18.0 Å². The third-order valence-corrected chi connectivity index (χ3v) is 2.10. The zero-order chi connectivity index (χ0) is 10.4. The summed E-state index contributed by atoms with van der Waals surface area (Å²) in [6.07, 6.45) is 4.65. The summed E-state index contributed by atoms with van der Waals surface area (Å²) in [7, 11) is 0. The Balaban J connectivity index is 2.76. The van der Waals surface area contributed by atoms with Crippen LogP contribution in [0.15, 0.2) is 31.0 Å². The molecule has 1 aromatic rings. The van der Waals surface area contributed by atoms with Crippen molar-refractivity contribution in [3.05, 3.63) is 36.0 Å². The van der Waals surface area contributed by atoms with Crippen molar-refractivity contribution in [2.45, 2.75) is 13.3 Å². The van der Waals surface area contributed by atoms with Crippen molar-refractivity contribution in [1.29, 1.82) is 0 Å². The Morgan fingerprint density at radius 1 is 1.57 bits per heavy atom. The number of pyridine rings is 1. The molecule has 3 heteroatoms. The Morgan fingerprint density at radius 2 is 2.36 bits per heavy atom. The molecule has 1 rings (SSSR count). The Morgan fingerprint density at radius 3 is 2.86 bits per heavy atom. The van der Waals surface area contributed by atoms with Gasteiger partial charge in [-0.1, -0.05) is 24.6 Å². The van der Waals surface area contributed by atoms with Gasteiger partial charge in [0.2, 0.25) is 0 Å². The first-order valence-corrected chi connectivity index (χ1v) is 5.13. The zero-order valence-electron chi connectivity index (χ0n) is 8.41. The highest BCUT2D eigenvalue weighted by atomic mass is 35.5. The summed E-state index contributed by atoms with van der Waals surface area (Å²) in [5, 5.41) is 0.670. The van der Waals surface area contributed by atoms with E-state index in [-0.39, 0.29) is 0 Å². The van der Waals surface area contributed by atoms with Crippen LogP contribution >= 0.6 is 11.6 Å². The maximum Gasteiger partial charge on any atom is 0.128 e. The maximum atomic E-state index is 5.77. The standard InChI is InChI=1S/C11H15ClN2/c1-3-7-14(8-4-2)11-6-5-10(12)9-13-11/h3,5-6,9H,1,4,7-8H2,2H3. The lowest BCUT2D eigenvalue weighted by Crippen LogP contribution is -2.24. The monoisotopic (exact) mass is 210 g/mol. The van der Waals surface area contributed by atoms with Crippen LogP contribution in [0.2, 0.25) is 5.02 Å². The first kappa shape index (κ1) is 11.1. The highest BCUT2D eigenvalue weighted by Gasteiger charge is 2.03. The van der Waals surface area contributed by atoms with Gasteiger partial charge in [-0.25, -0.2) is 4.98 Å². The van der Waals surface area contributed by atoms with Crippen molar-refractivity contribution in [3.8, 4) is 0 Å². The minimum Gasteiger partial charge on any atom is -0.353 e. The molecule has 14 heavy (non-hydrogen) atoms. The molecule has 0 spiro atoms. The van der Waals surface area contributed by atoms with E-state index in [1.165, 1.54) is 0 Å². The average Bonchev–Trinajstić information content (AvgIpc) is 2.19. The van der Waals surface area contributed by atoms with Crippen LogP contribution in [0.5, 0.6) is 0 Å². The van der Waals surface area contributed by atoms with Crippen molar-refractivity contribution < 1.29 is 0 Å². The molecule has 2 nitrogen and oxygen atoms in total. The maximum absolute atomic E-state index is 5.77. The van der Waals surface area contributed by atoms with Crippen LogP contribution < -0.4 is 4.90 Å². The topological polar surface area (TPSA) is 16.1 Å². The number of aromatic nitrogens is 1. The van der Waals surface area contributed by atoms with Crippen LogP contribution in [-0.4, -0.2) is 18.1 Å². The molecule has 0 aromatic carbocycles. The minimum atomic E-state index is 0.670. The van der Waals surface area contributed by atoms with E-state index in [2.05, 4.69) is 23.4 Å². The summed E-state index contributed by atoms with van der Waals surface area (Å²) in [4.78, 5) is 6.43. The van der Waals surface area contributed by atoms with Crippen molar-refractivity contribution in [3.63, 3.8) is 0 Å². The number of halogens is 1. The number of nitrogens with zero attached hydrogens (tertiary/aromatic N) is 2. The van der Waals surface area contributed by atoms with Crippen LogP contribution in [0, 0.1) is 0 Å². The number of hydrogen-bond donors (Lipinski definition) is 0. The molecule has 0 unspecified atom stereocenters. The molecule has 1 heterocycles. The average molecular weight is 211 g/mol. The third kappa shape index (κ3) is 3.04. The summed E-state index contributed by atoms with van der Waals surface area (Å²) in [5.74, 6) is 0.955. The van der Waals surface area contributed by atoms with Gasteiger partial charge in [0.05, 0.1) is 5.02 Å². The smallest absolute Gasteiger partial charge is 0.128 e. The predicted octanol–water partition coefficient (Wildman–Crippen LogP) is 3.14. The largest absolute Gasteiger partial charge is 0.353 e. The van der Waals surface area contributed by atoms with Crippen molar-refractivity contribution >= 4 is 17.4 Å². The second-order valence-electron chi connectivity index (χ2n) is 3.07.